The van der Waals surface area contributed by atoms with E-state index in [0.29, 0.717) is 23.3 Å². The monoisotopic (exact) mass is 856 g/mol. The summed E-state index contributed by atoms with van der Waals surface area (Å²) in [7, 11) is 0. The van der Waals surface area contributed by atoms with E-state index in [0.717, 1.165) is 72.7 Å². The number of hydrogen-bond donors (Lipinski definition) is 0. The highest BCUT2D eigenvalue weighted by Crippen LogP contribution is 2.37. The fraction of sp³-hybridized carbons (Fsp3) is 0. The summed E-state index contributed by atoms with van der Waals surface area (Å²) >= 11 is 0. The highest BCUT2D eigenvalue weighted by atomic mass is 15.0. The van der Waals surface area contributed by atoms with E-state index in [1.54, 1.807) is 0 Å². The number of hydrogen-bond acceptors (Lipinski definition) is 5. The summed E-state index contributed by atoms with van der Waals surface area (Å²) in [5.41, 5.74) is 15.2. The van der Waals surface area contributed by atoms with Crippen molar-refractivity contribution in [3.05, 3.63) is 243 Å². The van der Waals surface area contributed by atoms with Crippen LogP contribution in [0, 0.1) is 0 Å². The average molecular weight is 857 g/mol. The molecular weight excluding hydrogens is 817 g/mol. The third-order valence-corrected chi connectivity index (χ3v) is 12.2. The Kier molecular flexibility index (Phi) is 10.1. The maximum absolute atomic E-state index is 5.30. The molecule has 314 valence electrons. The Bertz CT molecular complexity index is 3680. The summed E-state index contributed by atoms with van der Waals surface area (Å²) in [5, 5.41) is 2.43. The molecule has 0 amide bonds. The lowest BCUT2D eigenvalue weighted by atomic mass is 9.98. The summed E-state index contributed by atoms with van der Waals surface area (Å²) in [5.74, 6) is 2.53. The van der Waals surface area contributed by atoms with E-state index in [1.807, 2.05) is 78.9 Å². The van der Waals surface area contributed by atoms with Gasteiger partial charge in [-0.3, -0.25) is 0 Å². The second-order valence-corrected chi connectivity index (χ2v) is 16.5. The molecule has 0 fully saturated rings. The van der Waals surface area contributed by atoms with Crippen LogP contribution in [-0.2, 0) is 0 Å². The molecule has 0 aliphatic carbocycles. The molecule has 0 aliphatic rings. The molecule has 9 aromatic carbocycles. The van der Waals surface area contributed by atoms with E-state index in [1.165, 1.54) is 21.8 Å². The SMILES string of the molecule is c1ccc(-c2cc(-c3cccc(-c4cccc(-c5nc(-c6ccccc6)nc(-c6ccccc6)n5)c4)c3)nc(-c3cccc(-c4ccc5c(c4)c4ccccc4n5-c4ccccc4)c3)n2)cc1. The summed E-state index contributed by atoms with van der Waals surface area (Å²) in [6.07, 6.45) is 0. The second-order valence-electron chi connectivity index (χ2n) is 16.5. The van der Waals surface area contributed by atoms with Crippen LogP contribution in [0.1, 0.15) is 0 Å². The molecular formula is C61H40N6. The van der Waals surface area contributed by atoms with Gasteiger partial charge < -0.3 is 4.57 Å². The van der Waals surface area contributed by atoms with Gasteiger partial charge in [0.2, 0.25) is 0 Å². The van der Waals surface area contributed by atoms with Crippen LogP contribution in [0.25, 0.3) is 118 Å². The molecule has 3 heterocycles. The molecule has 6 nitrogen and oxygen atoms in total. The van der Waals surface area contributed by atoms with Crippen LogP contribution in [0.5, 0.6) is 0 Å². The van der Waals surface area contributed by atoms with Gasteiger partial charge in [0.15, 0.2) is 23.3 Å². The molecule has 12 rings (SSSR count). The Morgan fingerprint density at radius 3 is 1.19 bits per heavy atom. The van der Waals surface area contributed by atoms with Crippen LogP contribution in [-0.4, -0.2) is 29.5 Å². The van der Waals surface area contributed by atoms with Crippen LogP contribution in [0.15, 0.2) is 243 Å². The number of para-hydroxylation sites is 2. The Morgan fingerprint density at radius 1 is 0.224 bits per heavy atom. The highest BCUT2D eigenvalue weighted by Gasteiger charge is 2.17. The van der Waals surface area contributed by atoms with E-state index in [4.69, 9.17) is 24.9 Å². The van der Waals surface area contributed by atoms with Gasteiger partial charge in [-0.15, -0.1) is 0 Å². The van der Waals surface area contributed by atoms with E-state index >= 15 is 0 Å². The van der Waals surface area contributed by atoms with Gasteiger partial charge in [-0.05, 0) is 76.9 Å². The molecule has 0 saturated carbocycles. The van der Waals surface area contributed by atoms with Gasteiger partial charge in [-0.1, -0.05) is 188 Å². The van der Waals surface area contributed by atoms with Crippen molar-refractivity contribution >= 4 is 21.8 Å². The van der Waals surface area contributed by atoms with Crippen molar-refractivity contribution in [2.24, 2.45) is 0 Å². The number of rotatable bonds is 9. The Labute approximate surface area is 388 Å². The van der Waals surface area contributed by atoms with E-state index in [9.17, 15) is 0 Å². The molecule has 0 unspecified atom stereocenters. The number of fused-ring (bicyclic) bond motifs is 3. The van der Waals surface area contributed by atoms with Gasteiger partial charge in [0, 0.05) is 49.8 Å². The smallest absolute Gasteiger partial charge is 0.164 e. The van der Waals surface area contributed by atoms with Gasteiger partial charge in [-0.25, -0.2) is 24.9 Å². The number of nitrogens with zero attached hydrogens (tertiary/aromatic N) is 6. The molecule has 3 aromatic heterocycles. The van der Waals surface area contributed by atoms with E-state index < -0.39 is 0 Å². The Morgan fingerprint density at radius 2 is 0.612 bits per heavy atom. The van der Waals surface area contributed by atoms with Crippen molar-refractivity contribution < 1.29 is 0 Å². The zero-order chi connectivity index (χ0) is 44.5. The average Bonchev–Trinajstić information content (AvgIpc) is 3.75. The third-order valence-electron chi connectivity index (χ3n) is 12.2. The molecule has 0 aliphatic heterocycles. The first-order chi connectivity index (χ1) is 33.2. The van der Waals surface area contributed by atoms with Crippen molar-refractivity contribution in [2.75, 3.05) is 0 Å². The summed E-state index contributed by atoms with van der Waals surface area (Å²) < 4.78 is 2.35. The van der Waals surface area contributed by atoms with Crippen molar-refractivity contribution in [3.8, 4) is 96.0 Å². The quantitative estimate of drug-likeness (QED) is 0.145. The lowest BCUT2D eigenvalue weighted by Crippen LogP contribution is -2.00. The van der Waals surface area contributed by atoms with Gasteiger partial charge in [-0.2, -0.15) is 0 Å². The van der Waals surface area contributed by atoms with Crippen LogP contribution in [0.3, 0.4) is 0 Å². The molecule has 0 saturated heterocycles. The van der Waals surface area contributed by atoms with Crippen LogP contribution in [0.4, 0.5) is 0 Å². The number of benzene rings is 9. The van der Waals surface area contributed by atoms with Crippen molar-refractivity contribution in [3.63, 3.8) is 0 Å². The first-order valence-corrected chi connectivity index (χ1v) is 22.4. The third kappa shape index (κ3) is 7.73. The Hall–Kier alpha value is -9.13. The predicted molar refractivity (Wildman–Crippen MR) is 273 cm³/mol. The lowest BCUT2D eigenvalue weighted by Gasteiger charge is -2.12. The topological polar surface area (TPSA) is 69.4 Å². The van der Waals surface area contributed by atoms with Crippen LogP contribution < -0.4 is 0 Å². The zero-order valence-electron chi connectivity index (χ0n) is 36.3. The van der Waals surface area contributed by atoms with Crippen molar-refractivity contribution in [2.45, 2.75) is 0 Å². The summed E-state index contributed by atoms with van der Waals surface area (Å²) in [6, 6.07) is 84.1. The molecule has 0 spiro atoms. The van der Waals surface area contributed by atoms with Crippen LogP contribution >= 0.6 is 0 Å². The first kappa shape index (κ1) is 39.5. The summed E-state index contributed by atoms with van der Waals surface area (Å²) in [6.45, 7) is 0. The molecule has 0 bridgehead atoms. The fourth-order valence-electron chi connectivity index (χ4n) is 8.96. The van der Waals surface area contributed by atoms with Crippen LogP contribution in [0.2, 0.25) is 0 Å². The molecule has 0 radical (unpaired) electrons. The van der Waals surface area contributed by atoms with Gasteiger partial charge in [0.25, 0.3) is 0 Å². The predicted octanol–water partition coefficient (Wildman–Crippen LogP) is 15.1. The fourth-order valence-corrected chi connectivity index (χ4v) is 8.96. The first-order valence-electron chi connectivity index (χ1n) is 22.4. The molecule has 0 N–H and O–H groups in total. The van der Waals surface area contributed by atoms with E-state index in [-0.39, 0.29) is 0 Å². The molecule has 12 aromatic rings. The number of aromatic nitrogens is 6. The maximum Gasteiger partial charge on any atom is 0.164 e. The van der Waals surface area contributed by atoms with Gasteiger partial charge >= 0.3 is 0 Å². The Balaban J connectivity index is 0.926. The highest BCUT2D eigenvalue weighted by molar-refractivity contribution is 6.10. The standard InChI is InChI=1S/C61H40N6/c1-5-18-41(19-6-1)54-40-55(63-60(62-54)49-28-17-26-46(38-49)47-34-35-57-53(39-47)52-32-13-14-33-56(52)67(57)51-30-11-4-12-31-51)48-27-15-24-44(36-48)45-25-16-29-50(37-45)61-65-58(42-20-7-2-8-21-42)64-59(66-61)43-22-9-3-10-23-43/h1-40H. The van der Waals surface area contributed by atoms with Crippen molar-refractivity contribution in [1.82, 2.24) is 29.5 Å². The second kappa shape index (κ2) is 17.1. The molecule has 0 atom stereocenters. The maximum atomic E-state index is 5.30. The van der Waals surface area contributed by atoms with E-state index in [2.05, 4.69) is 168 Å². The van der Waals surface area contributed by atoms with Crippen molar-refractivity contribution in [1.29, 1.82) is 0 Å². The summed E-state index contributed by atoms with van der Waals surface area (Å²) in [4.78, 5) is 25.4. The normalized spacial score (nSPS) is 11.3. The van der Waals surface area contributed by atoms with Gasteiger partial charge in [0.05, 0.1) is 22.4 Å². The minimum atomic E-state index is 0.611. The molecule has 67 heavy (non-hydrogen) atoms. The lowest BCUT2D eigenvalue weighted by molar-refractivity contribution is 1.07. The zero-order valence-corrected chi connectivity index (χ0v) is 36.3. The van der Waals surface area contributed by atoms with Gasteiger partial charge in [0.1, 0.15) is 0 Å². The largest absolute Gasteiger partial charge is 0.309 e. The molecule has 6 heteroatoms. The minimum absolute atomic E-state index is 0.611. The minimum Gasteiger partial charge on any atom is -0.309 e.